The molecule has 0 atom stereocenters. The first kappa shape index (κ1) is 21.6. The Bertz CT molecular complexity index is 843. The lowest BCUT2D eigenvalue weighted by Crippen LogP contribution is -2.38. The number of likely N-dealkylation sites (N-methyl/N-ethyl adjacent to an activating group) is 1. The summed E-state index contributed by atoms with van der Waals surface area (Å²) in [4.78, 5) is 22.9. The number of nitrogens with one attached hydrogen (secondary N) is 2. The third-order valence-corrected chi connectivity index (χ3v) is 5.90. The smallest absolute Gasteiger partial charge is 0.229 e. The molecule has 0 radical (unpaired) electrons. The van der Waals surface area contributed by atoms with Crippen LogP contribution in [-0.2, 0) is 10.2 Å². The highest BCUT2D eigenvalue weighted by Gasteiger charge is 2.27. The fourth-order valence-corrected chi connectivity index (χ4v) is 3.48. The zero-order valence-corrected chi connectivity index (χ0v) is 19.2. The van der Waals surface area contributed by atoms with Crippen molar-refractivity contribution >= 4 is 39.3 Å². The summed E-state index contributed by atoms with van der Waals surface area (Å²) >= 11 is 3.49. The molecule has 1 heterocycles. The SMILES string of the molecule is CN(CCNc1nc(Nc2ccc(C(C)(C)C)cc2)ncc1Br)C(=O)C1CCC1. The van der Waals surface area contributed by atoms with Crippen LogP contribution in [0.1, 0.15) is 45.6 Å². The molecule has 2 N–H and O–H groups in total. The van der Waals surface area contributed by atoms with Crippen molar-refractivity contribution in [2.75, 3.05) is 30.8 Å². The summed E-state index contributed by atoms with van der Waals surface area (Å²) in [5.74, 6) is 1.71. The Morgan fingerprint density at radius 1 is 1.24 bits per heavy atom. The number of rotatable bonds is 7. The molecule has 1 fully saturated rings. The van der Waals surface area contributed by atoms with Gasteiger partial charge in [-0.2, -0.15) is 4.98 Å². The summed E-state index contributed by atoms with van der Waals surface area (Å²) in [6.07, 6.45) is 4.95. The van der Waals surface area contributed by atoms with E-state index in [1.807, 2.05) is 24.1 Å². The molecule has 7 heteroatoms. The number of hydrogen-bond acceptors (Lipinski definition) is 5. The standard InChI is InChI=1S/C22H30BrN5O/c1-22(2,3)16-8-10-17(11-9-16)26-21-25-14-18(23)19(27-21)24-12-13-28(4)20(29)15-6-5-7-15/h8-11,14-15H,5-7,12-13H2,1-4H3,(H2,24,25,26,27). The summed E-state index contributed by atoms with van der Waals surface area (Å²) in [7, 11) is 1.87. The second-order valence-corrected chi connectivity index (χ2v) is 9.51. The Labute approximate surface area is 181 Å². The van der Waals surface area contributed by atoms with Gasteiger partial charge in [0.05, 0.1) is 4.47 Å². The van der Waals surface area contributed by atoms with E-state index in [1.165, 1.54) is 12.0 Å². The van der Waals surface area contributed by atoms with Crippen LogP contribution in [0, 0.1) is 5.92 Å². The normalized spacial score (nSPS) is 14.2. The fourth-order valence-electron chi connectivity index (χ4n) is 3.15. The number of nitrogens with zero attached hydrogens (tertiary/aromatic N) is 3. The van der Waals surface area contributed by atoms with Crippen LogP contribution in [0.2, 0.25) is 0 Å². The van der Waals surface area contributed by atoms with E-state index in [9.17, 15) is 4.79 Å². The highest BCUT2D eigenvalue weighted by Crippen LogP contribution is 2.28. The molecular weight excluding hydrogens is 430 g/mol. The van der Waals surface area contributed by atoms with Crippen molar-refractivity contribution < 1.29 is 4.79 Å². The molecule has 1 amide bonds. The molecule has 3 rings (SSSR count). The predicted octanol–water partition coefficient (Wildman–Crippen LogP) is 4.95. The van der Waals surface area contributed by atoms with Gasteiger partial charge in [-0.3, -0.25) is 4.79 Å². The van der Waals surface area contributed by atoms with Gasteiger partial charge in [0.25, 0.3) is 0 Å². The largest absolute Gasteiger partial charge is 0.367 e. The van der Waals surface area contributed by atoms with Crippen LogP contribution >= 0.6 is 15.9 Å². The Morgan fingerprint density at radius 2 is 1.93 bits per heavy atom. The van der Waals surface area contributed by atoms with Crippen molar-refractivity contribution in [1.82, 2.24) is 14.9 Å². The number of amides is 1. The number of carbonyl (C=O) groups excluding carboxylic acids is 1. The molecule has 0 spiro atoms. The first-order valence-corrected chi connectivity index (χ1v) is 10.9. The van der Waals surface area contributed by atoms with Gasteiger partial charge >= 0.3 is 0 Å². The summed E-state index contributed by atoms with van der Waals surface area (Å²) in [6, 6.07) is 8.32. The van der Waals surface area contributed by atoms with Gasteiger partial charge < -0.3 is 15.5 Å². The van der Waals surface area contributed by atoms with Gasteiger partial charge in [0.2, 0.25) is 11.9 Å². The van der Waals surface area contributed by atoms with Crippen molar-refractivity contribution in [3.8, 4) is 0 Å². The number of aromatic nitrogens is 2. The second kappa shape index (κ2) is 9.11. The molecule has 6 nitrogen and oxygen atoms in total. The number of benzene rings is 1. The van der Waals surface area contributed by atoms with Crippen LogP contribution in [0.4, 0.5) is 17.5 Å². The first-order chi connectivity index (χ1) is 13.7. The molecule has 2 aromatic rings. The number of halogens is 1. The van der Waals surface area contributed by atoms with Crippen LogP contribution in [0.3, 0.4) is 0 Å². The molecule has 1 aromatic carbocycles. The zero-order chi connectivity index (χ0) is 21.0. The maximum Gasteiger partial charge on any atom is 0.229 e. The lowest BCUT2D eigenvalue weighted by molar-refractivity contribution is -0.136. The van der Waals surface area contributed by atoms with Gasteiger partial charge in [-0.1, -0.05) is 39.3 Å². The van der Waals surface area contributed by atoms with Gasteiger partial charge in [0.15, 0.2) is 0 Å². The quantitative estimate of drug-likeness (QED) is 0.612. The van der Waals surface area contributed by atoms with Gasteiger partial charge in [0, 0.05) is 37.9 Å². The average molecular weight is 460 g/mol. The minimum atomic E-state index is 0.122. The Morgan fingerprint density at radius 3 is 2.52 bits per heavy atom. The van der Waals surface area contributed by atoms with Crippen LogP contribution < -0.4 is 10.6 Å². The lowest BCUT2D eigenvalue weighted by Gasteiger charge is -2.29. The molecule has 1 aliphatic carbocycles. The van der Waals surface area contributed by atoms with Crippen molar-refractivity contribution in [3.63, 3.8) is 0 Å². The Balaban J connectivity index is 1.57. The van der Waals surface area contributed by atoms with Crippen molar-refractivity contribution in [2.45, 2.75) is 45.4 Å². The summed E-state index contributed by atoms with van der Waals surface area (Å²) in [6.45, 7) is 7.86. The van der Waals surface area contributed by atoms with Crippen LogP contribution in [0.25, 0.3) is 0 Å². The zero-order valence-electron chi connectivity index (χ0n) is 17.6. The van der Waals surface area contributed by atoms with Crippen molar-refractivity contribution in [1.29, 1.82) is 0 Å². The predicted molar refractivity (Wildman–Crippen MR) is 122 cm³/mol. The first-order valence-electron chi connectivity index (χ1n) is 10.1. The van der Waals surface area contributed by atoms with E-state index in [1.54, 1.807) is 6.20 Å². The maximum atomic E-state index is 12.2. The molecule has 1 aromatic heterocycles. The molecule has 0 unspecified atom stereocenters. The Hall–Kier alpha value is -2.15. The maximum absolute atomic E-state index is 12.2. The summed E-state index contributed by atoms with van der Waals surface area (Å²) in [5, 5.41) is 6.55. The second-order valence-electron chi connectivity index (χ2n) is 8.66. The van der Waals surface area contributed by atoms with Gasteiger partial charge in [-0.05, 0) is 51.9 Å². The van der Waals surface area contributed by atoms with Gasteiger partial charge in [-0.25, -0.2) is 4.98 Å². The van der Waals surface area contributed by atoms with Crippen LogP contribution in [-0.4, -0.2) is 40.9 Å². The lowest BCUT2D eigenvalue weighted by atomic mass is 9.84. The van der Waals surface area contributed by atoms with E-state index in [0.29, 0.717) is 24.9 Å². The van der Waals surface area contributed by atoms with E-state index in [2.05, 4.69) is 69.4 Å². The molecule has 0 saturated heterocycles. The topological polar surface area (TPSA) is 70.2 Å². The summed E-state index contributed by atoms with van der Waals surface area (Å²) < 4.78 is 0.791. The highest BCUT2D eigenvalue weighted by atomic mass is 79.9. The van der Waals surface area contributed by atoms with Crippen molar-refractivity contribution in [2.24, 2.45) is 5.92 Å². The van der Waals surface area contributed by atoms with E-state index >= 15 is 0 Å². The van der Waals surface area contributed by atoms with Crippen LogP contribution in [0.5, 0.6) is 0 Å². The number of carbonyl (C=O) groups is 1. The van der Waals surface area contributed by atoms with E-state index in [-0.39, 0.29) is 17.2 Å². The Kier molecular flexibility index (Phi) is 6.77. The molecule has 29 heavy (non-hydrogen) atoms. The van der Waals surface area contributed by atoms with E-state index in [4.69, 9.17) is 0 Å². The molecular formula is C22H30BrN5O. The molecule has 0 aliphatic heterocycles. The fraction of sp³-hybridized carbons (Fsp3) is 0.500. The third-order valence-electron chi connectivity index (χ3n) is 5.32. The van der Waals surface area contributed by atoms with E-state index < -0.39 is 0 Å². The monoisotopic (exact) mass is 459 g/mol. The van der Waals surface area contributed by atoms with Gasteiger partial charge in [0.1, 0.15) is 5.82 Å². The molecule has 0 bridgehead atoms. The molecule has 1 aliphatic rings. The third kappa shape index (κ3) is 5.69. The number of anilines is 3. The van der Waals surface area contributed by atoms with E-state index in [0.717, 1.165) is 23.0 Å². The molecule has 1 saturated carbocycles. The minimum Gasteiger partial charge on any atom is -0.367 e. The molecule has 156 valence electrons. The van der Waals surface area contributed by atoms with Crippen LogP contribution in [0.15, 0.2) is 34.9 Å². The minimum absolute atomic E-state index is 0.122. The number of hydrogen-bond donors (Lipinski definition) is 2. The highest BCUT2D eigenvalue weighted by molar-refractivity contribution is 9.10. The van der Waals surface area contributed by atoms with Crippen molar-refractivity contribution in [3.05, 3.63) is 40.5 Å². The average Bonchev–Trinajstić information content (AvgIpc) is 2.62. The summed E-state index contributed by atoms with van der Waals surface area (Å²) in [5.41, 5.74) is 2.34. The van der Waals surface area contributed by atoms with Gasteiger partial charge in [-0.15, -0.1) is 0 Å².